The van der Waals surface area contributed by atoms with E-state index >= 15 is 0 Å². The molecule has 1 unspecified atom stereocenters. The van der Waals surface area contributed by atoms with E-state index < -0.39 is 0 Å². The van der Waals surface area contributed by atoms with E-state index in [9.17, 15) is 4.79 Å². The van der Waals surface area contributed by atoms with Crippen LogP contribution in [0.2, 0.25) is 0 Å². The van der Waals surface area contributed by atoms with E-state index in [1.165, 1.54) is 0 Å². The lowest BCUT2D eigenvalue weighted by molar-refractivity contribution is 0.0767. The van der Waals surface area contributed by atoms with Crippen LogP contribution in [0.5, 0.6) is 11.6 Å². The highest BCUT2D eigenvalue weighted by molar-refractivity contribution is 5.97. The largest absolute Gasteiger partial charge is 0.493 e. The number of anilines is 1. The lowest BCUT2D eigenvalue weighted by atomic mass is 10.2. The van der Waals surface area contributed by atoms with Crippen molar-refractivity contribution in [3.63, 3.8) is 0 Å². The Morgan fingerprint density at radius 1 is 1.27 bits per heavy atom. The van der Waals surface area contributed by atoms with Crippen molar-refractivity contribution < 1.29 is 14.3 Å². The average molecular weight is 356 g/mol. The summed E-state index contributed by atoms with van der Waals surface area (Å²) in [4.78, 5) is 25.1. The van der Waals surface area contributed by atoms with Crippen molar-refractivity contribution in [2.24, 2.45) is 0 Å². The molecule has 1 fully saturated rings. The molecular weight excluding hydrogens is 332 g/mol. The number of nitrogens with zero attached hydrogens (tertiary/aromatic N) is 4. The normalized spacial score (nSPS) is 16.4. The van der Waals surface area contributed by atoms with Crippen LogP contribution >= 0.6 is 0 Å². The number of aromatic nitrogens is 2. The second-order valence-electron chi connectivity index (χ2n) is 6.29. The Labute approximate surface area is 153 Å². The van der Waals surface area contributed by atoms with Gasteiger partial charge in [0, 0.05) is 39.5 Å². The monoisotopic (exact) mass is 356 g/mol. The quantitative estimate of drug-likeness (QED) is 0.791. The molecular formula is C19H24N4O3. The zero-order chi connectivity index (χ0) is 18.5. The van der Waals surface area contributed by atoms with Gasteiger partial charge in [0.25, 0.3) is 11.8 Å². The highest BCUT2D eigenvalue weighted by atomic mass is 16.5. The van der Waals surface area contributed by atoms with Crippen molar-refractivity contribution in [2.75, 3.05) is 38.7 Å². The Kier molecular flexibility index (Phi) is 5.55. The van der Waals surface area contributed by atoms with Crippen molar-refractivity contribution in [2.45, 2.75) is 19.4 Å². The predicted molar refractivity (Wildman–Crippen MR) is 98.9 cm³/mol. The number of benzene rings is 1. The van der Waals surface area contributed by atoms with Gasteiger partial charge >= 0.3 is 0 Å². The zero-order valence-electron chi connectivity index (χ0n) is 15.4. The van der Waals surface area contributed by atoms with Crippen LogP contribution in [0.4, 0.5) is 5.82 Å². The van der Waals surface area contributed by atoms with Crippen LogP contribution in [0.1, 0.15) is 23.7 Å². The van der Waals surface area contributed by atoms with Gasteiger partial charge < -0.3 is 19.3 Å². The maximum Gasteiger partial charge on any atom is 0.257 e. The minimum Gasteiger partial charge on any atom is -0.493 e. The molecule has 1 aromatic carbocycles. The Bertz CT molecular complexity index is 766. The number of rotatable bonds is 6. The standard InChI is InChI=1S/C19H24N4O3/c1-4-25-16-8-6-5-7-15(16)19(24)23-12-9-14(13-23)26-18-17(22(2)3)20-10-11-21-18/h5-8,10-11,14H,4,9,12-13H2,1-3H3. The van der Waals surface area contributed by atoms with Gasteiger partial charge in [-0.1, -0.05) is 12.1 Å². The Morgan fingerprint density at radius 2 is 2.04 bits per heavy atom. The molecule has 0 saturated carbocycles. The molecule has 1 aromatic heterocycles. The van der Waals surface area contributed by atoms with E-state index in [0.717, 1.165) is 6.42 Å². The van der Waals surface area contributed by atoms with Crippen molar-refractivity contribution >= 4 is 11.7 Å². The van der Waals surface area contributed by atoms with Gasteiger partial charge in [-0.2, -0.15) is 0 Å². The highest BCUT2D eigenvalue weighted by Crippen LogP contribution is 2.26. The summed E-state index contributed by atoms with van der Waals surface area (Å²) >= 11 is 0. The average Bonchev–Trinajstić information content (AvgIpc) is 3.11. The molecule has 1 atom stereocenters. The summed E-state index contributed by atoms with van der Waals surface area (Å²) < 4.78 is 11.6. The van der Waals surface area contributed by atoms with Crippen LogP contribution < -0.4 is 14.4 Å². The van der Waals surface area contributed by atoms with Crippen LogP contribution in [0.25, 0.3) is 0 Å². The molecule has 2 heterocycles. The molecule has 0 radical (unpaired) electrons. The first-order valence-electron chi connectivity index (χ1n) is 8.76. The lowest BCUT2D eigenvalue weighted by Crippen LogP contribution is -2.31. The van der Waals surface area contributed by atoms with E-state index in [4.69, 9.17) is 9.47 Å². The van der Waals surface area contributed by atoms with Gasteiger partial charge in [0.2, 0.25) is 0 Å². The summed E-state index contributed by atoms with van der Waals surface area (Å²) in [6, 6.07) is 7.34. The Hall–Kier alpha value is -2.83. The highest BCUT2D eigenvalue weighted by Gasteiger charge is 2.30. The SMILES string of the molecule is CCOc1ccccc1C(=O)N1CCC(Oc2nccnc2N(C)C)C1. The first kappa shape index (κ1) is 18.0. The Morgan fingerprint density at radius 3 is 2.81 bits per heavy atom. The Balaban J connectivity index is 1.69. The summed E-state index contributed by atoms with van der Waals surface area (Å²) in [5.74, 6) is 1.76. The van der Waals surface area contributed by atoms with Gasteiger partial charge in [0.05, 0.1) is 18.7 Å². The smallest absolute Gasteiger partial charge is 0.257 e. The number of amides is 1. The van der Waals surface area contributed by atoms with Gasteiger partial charge in [0.15, 0.2) is 5.82 Å². The maximum atomic E-state index is 12.9. The van der Waals surface area contributed by atoms with E-state index in [1.54, 1.807) is 23.4 Å². The number of carbonyl (C=O) groups excluding carboxylic acids is 1. The molecule has 7 nitrogen and oxygen atoms in total. The molecule has 3 rings (SSSR count). The summed E-state index contributed by atoms with van der Waals surface area (Å²) in [6.07, 6.45) is 3.90. The van der Waals surface area contributed by atoms with Crippen LogP contribution in [0, 0.1) is 0 Å². The molecule has 26 heavy (non-hydrogen) atoms. The lowest BCUT2D eigenvalue weighted by Gasteiger charge is -2.20. The molecule has 1 saturated heterocycles. The third-order valence-electron chi connectivity index (χ3n) is 4.20. The summed E-state index contributed by atoms with van der Waals surface area (Å²) in [5.41, 5.74) is 0.587. The third-order valence-corrected chi connectivity index (χ3v) is 4.20. The fraction of sp³-hybridized carbons (Fsp3) is 0.421. The van der Waals surface area contributed by atoms with E-state index in [1.807, 2.05) is 44.1 Å². The van der Waals surface area contributed by atoms with Gasteiger partial charge in [-0.15, -0.1) is 0 Å². The van der Waals surface area contributed by atoms with Crippen molar-refractivity contribution in [3.8, 4) is 11.6 Å². The summed E-state index contributed by atoms with van der Waals surface area (Å²) in [5, 5.41) is 0. The first-order chi connectivity index (χ1) is 12.6. The number of hydrogen-bond donors (Lipinski definition) is 0. The van der Waals surface area contributed by atoms with Crippen LogP contribution in [-0.4, -0.2) is 60.7 Å². The van der Waals surface area contributed by atoms with Crippen LogP contribution in [-0.2, 0) is 0 Å². The van der Waals surface area contributed by atoms with Crippen molar-refractivity contribution in [1.29, 1.82) is 0 Å². The number of ether oxygens (including phenoxy) is 2. The maximum absolute atomic E-state index is 12.9. The van der Waals surface area contributed by atoms with Gasteiger partial charge in [-0.3, -0.25) is 4.79 Å². The van der Waals surface area contributed by atoms with Crippen molar-refractivity contribution in [3.05, 3.63) is 42.2 Å². The second kappa shape index (κ2) is 8.03. The summed E-state index contributed by atoms with van der Waals surface area (Å²) in [7, 11) is 3.79. The van der Waals surface area contributed by atoms with E-state index in [2.05, 4.69) is 9.97 Å². The number of para-hydroxylation sites is 1. The predicted octanol–water partition coefficient (Wildman–Crippen LogP) is 2.23. The molecule has 0 N–H and O–H groups in total. The molecule has 1 amide bonds. The number of hydrogen-bond acceptors (Lipinski definition) is 6. The molecule has 7 heteroatoms. The van der Waals surface area contributed by atoms with E-state index in [-0.39, 0.29) is 12.0 Å². The molecule has 1 aliphatic rings. The van der Waals surface area contributed by atoms with Gasteiger partial charge in [0.1, 0.15) is 11.9 Å². The molecule has 1 aliphatic heterocycles. The minimum absolute atomic E-state index is 0.0351. The van der Waals surface area contributed by atoms with E-state index in [0.29, 0.717) is 42.7 Å². The van der Waals surface area contributed by atoms with Gasteiger partial charge in [-0.05, 0) is 19.1 Å². The molecule has 138 valence electrons. The summed E-state index contributed by atoms with van der Waals surface area (Å²) in [6.45, 7) is 3.59. The number of carbonyl (C=O) groups is 1. The number of likely N-dealkylation sites (tertiary alicyclic amines) is 1. The zero-order valence-corrected chi connectivity index (χ0v) is 15.4. The molecule has 0 spiro atoms. The molecule has 0 bridgehead atoms. The fourth-order valence-corrected chi connectivity index (χ4v) is 2.97. The minimum atomic E-state index is -0.103. The fourth-order valence-electron chi connectivity index (χ4n) is 2.97. The first-order valence-corrected chi connectivity index (χ1v) is 8.76. The van der Waals surface area contributed by atoms with Gasteiger partial charge in [-0.25, -0.2) is 9.97 Å². The second-order valence-corrected chi connectivity index (χ2v) is 6.29. The van der Waals surface area contributed by atoms with Crippen LogP contribution in [0.15, 0.2) is 36.7 Å². The third kappa shape index (κ3) is 3.87. The van der Waals surface area contributed by atoms with Crippen LogP contribution in [0.3, 0.4) is 0 Å². The molecule has 0 aliphatic carbocycles. The van der Waals surface area contributed by atoms with Crippen molar-refractivity contribution in [1.82, 2.24) is 14.9 Å². The molecule has 2 aromatic rings. The topological polar surface area (TPSA) is 67.8 Å².